The van der Waals surface area contributed by atoms with Crippen molar-refractivity contribution in [3.8, 4) is 0 Å². The van der Waals surface area contributed by atoms with E-state index >= 15 is 0 Å². The summed E-state index contributed by atoms with van der Waals surface area (Å²) in [5.74, 6) is 0. The third-order valence-corrected chi connectivity index (χ3v) is 1.75. The molecule has 1 nitrogen and oxygen atoms in total. The van der Waals surface area contributed by atoms with Gasteiger partial charge in [0.15, 0.2) is 0 Å². The third kappa shape index (κ3) is 6.69. The number of unbranched alkanes of at least 4 members (excludes halogenated alkanes) is 1. The van der Waals surface area contributed by atoms with Crippen molar-refractivity contribution in [2.24, 2.45) is 0 Å². The van der Waals surface area contributed by atoms with Gasteiger partial charge in [0.05, 0.1) is 0 Å². The molecule has 0 bridgehead atoms. The van der Waals surface area contributed by atoms with Gasteiger partial charge in [-0.2, -0.15) is 0 Å². The Morgan fingerprint density at radius 2 is 1.88 bits per heavy atom. The molecule has 0 unspecified atom stereocenters. The molecule has 0 atom stereocenters. The van der Waals surface area contributed by atoms with Crippen LogP contribution in [-0.4, -0.2) is 30.0 Å². The second-order valence-electron chi connectivity index (χ2n) is 2.20. The van der Waals surface area contributed by atoms with Crippen molar-refractivity contribution in [1.82, 2.24) is 4.90 Å². The first-order valence-corrected chi connectivity index (χ1v) is 4.50. The SMILES string of the molecule is CN(C)CCCCI. The quantitative estimate of drug-likeness (QED) is 0.402. The summed E-state index contributed by atoms with van der Waals surface area (Å²) in [4.78, 5) is 2.23. The van der Waals surface area contributed by atoms with E-state index in [0.717, 1.165) is 0 Å². The Morgan fingerprint density at radius 1 is 1.25 bits per heavy atom. The van der Waals surface area contributed by atoms with Gasteiger partial charge in [-0.05, 0) is 37.9 Å². The van der Waals surface area contributed by atoms with Crippen molar-refractivity contribution < 1.29 is 0 Å². The lowest BCUT2D eigenvalue weighted by Gasteiger charge is -2.06. The Bertz CT molecular complexity index is 45.8. The number of alkyl halides is 1. The smallest absolute Gasteiger partial charge is 0.000425 e. The van der Waals surface area contributed by atoms with Gasteiger partial charge >= 0.3 is 0 Å². The lowest BCUT2D eigenvalue weighted by molar-refractivity contribution is 0.399. The molecule has 0 aromatic rings. The zero-order valence-electron chi connectivity index (χ0n) is 5.65. The summed E-state index contributed by atoms with van der Waals surface area (Å²) in [6, 6.07) is 0. The van der Waals surface area contributed by atoms with Gasteiger partial charge < -0.3 is 4.90 Å². The molecule has 0 aliphatic carbocycles. The molecular formula is C6H14IN. The maximum Gasteiger partial charge on any atom is -0.000425 e. The highest BCUT2D eigenvalue weighted by Gasteiger charge is 1.87. The Hall–Kier alpha value is 0.690. The van der Waals surface area contributed by atoms with Crippen LogP contribution in [0, 0.1) is 0 Å². The van der Waals surface area contributed by atoms with Crippen molar-refractivity contribution in [1.29, 1.82) is 0 Å². The van der Waals surface area contributed by atoms with Gasteiger partial charge in [0.1, 0.15) is 0 Å². The number of hydrogen-bond acceptors (Lipinski definition) is 1. The van der Waals surface area contributed by atoms with Crippen molar-refractivity contribution in [2.45, 2.75) is 12.8 Å². The van der Waals surface area contributed by atoms with E-state index in [1.165, 1.54) is 23.8 Å². The van der Waals surface area contributed by atoms with Crippen molar-refractivity contribution >= 4 is 22.6 Å². The van der Waals surface area contributed by atoms with Gasteiger partial charge in [0.2, 0.25) is 0 Å². The van der Waals surface area contributed by atoms with Crippen LogP contribution in [0.15, 0.2) is 0 Å². The minimum absolute atomic E-state index is 1.24. The van der Waals surface area contributed by atoms with Crippen LogP contribution in [-0.2, 0) is 0 Å². The summed E-state index contributed by atoms with van der Waals surface area (Å²) in [6.45, 7) is 1.24. The molecule has 0 aliphatic heterocycles. The molecule has 0 aromatic carbocycles. The number of hydrogen-bond donors (Lipinski definition) is 0. The van der Waals surface area contributed by atoms with Crippen LogP contribution in [0.3, 0.4) is 0 Å². The fourth-order valence-electron chi connectivity index (χ4n) is 0.523. The topological polar surface area (TPSA) is 3.24 Å². The lowest BCUT2D eigenvalue weighted by atomic mass is 10.3. The molecule has 8 heavy (non-hydrogen) atoms. The molecular weight excluding hydrogens is 213 g/mol. The molecule has 50 valence electrons. The Balaban J connectivity index is 2.72. The molecule has 0 radical (unpaired) electrons. The van der Waals surface area contributed by atoms with E-state index in [4.69, 9.17) is 0 Å². The van der Waals surface area contributed by atoms with Gasteiger partial charge in [-0.15, -0.1) is 0 Å². The van der Waals surface area contributed by atoms with E-state index in [9.17, 15) is 0 Å². The summed E-state index contributed by atoms with van der Waals surface area (Å²) in [7, 11) is 4.24. The Kier molecular flexibility index (Phi) is 6.32. The van der Waals surface area contributed by atoms with E-state index in [1.807, 2.05) is 0 Å². The standard InChI is InChI=1S/C6H14IN/c1-8(2)6-4-3-5-7/h3-6H2,1-2H3. The van der Waals surface area contributed by atoms with Gasteiger partial charge in [-0.25, -0.2) is 0 Å². The molecule has 0 aliphatic rings. The molecule has 0 saturated heterocycles. The minimum Gasteiger partial charge on any atom is -0.309 e. The highest BCUT2D eigenvalue weighted by atomic mass is 127. The fourth-order valence-corrected chi connectivity index (χ4v) is 1.06. The Morgan fingerprint density at radius 3 is 2.25 bits per heavy atom. The predicted octanol–water partition coefficient (Wildman–Crippen LogP) is 1.76. The zero-order valence-corrected chi connectivity index (χ0v) is 7.81. The fraction of sp³-hybridized carbons (Fsp3) is 1.00. The molecule has 0 aromatic heterocycles. The van der Waals surface area contributed by atoms with Crippen LogP contribution in [0.4, 0.5) is 0 Å². The summed E-state index contributed by atoms with van der Waals surface area (Å²) >= 11 is 2.42. The Labute approximate surface area is 65.6 Å². The molecule has 0 rings (SSSR count). The van der Waals surface area contributed by atoms with Gasteiger partial charge in [-0.1, -0.05) is 22.6 Å². The maximum absolute atomic E-state index is 2.42. The lowest BCUT2D eigenvalue weighted by Crippen LogP contribution is -2.12. The molecule has 0 N–H and O–H groups in total. The summed E-state index contributed by atoms with van der Waals surface area (Å²) in [5, 5.41) is 0. The second kappa shape index (κ2) is 5.82. The summed E-state index contributed by atoms with van der Waals surface area (Å²) in [5.41, 5.74) is 0. The first-order chi connectivity index (χ1) is 3.77. The average molecular weight is 227 g/mol. The molecule has 0 spiro atoms. The van der Waals surface area contributed by atoms with Gasteiger partial charge in [0, 0.05) is 0 Å². The van der Waals surface area contributed by atoms with E-state index in [-0.39, 0.29) is 0 Å². The van der Waals surface area contributed by atoms with Gasteiger partial charge in [0.25, 0.3) is 0 Å². The number of nitrogens with zero attached hydrogens (tertiary/aromatic N) is 1. The maximum atomic E-state index is 2.42. The van der Waals surface area contributed by atoms with Crippen LogP contribution >= 0.6 is 22.6 Å². The van der Waals surface area contributed by atoms with Crippen LogP contribution in [0.5, 0.6) is 0 Å². The molecule has 2 heteroatoms. The van der Waals surface area contributed by atoms with E-state index in [2.05, 4.69) is 41.6 Å². The summed E-state index contributed by atoms with van der Waals surface area (Å²) in [6.07, 6.45) is 2.70. The van der Waals surface area contributed by atoms with Crippen LogP contribution in [0.2, 0.25) is 0 Å². The second-order valence-corrected chi connectivity index (χ2v) is 3.28. The van der Waals surface area contributed by atoms with E-state index < -0.39 is 0 Å². The average Bonchev–Trinajstić information content (AvgIpc) is 1.66. The normalized spacial score (nSPS) is 10.5. The highest BCUT2D eigenvalue weighted by Crippen LogP contribution is 1.94. The summed E-state index contributed by atoms with van der Waals surface area (Å²) < 4.78 is 1.30. The predicted molar refractivity (Wildman–Crippen MR) is 46.7 cm³/mol. The first-order valence-electron chi connectivity index (χ1n) is 2.98. The van der Waals surface area contributed by atoms with Crippen molar-refractivity contribution in [3.63, 3.8) is 0 Å². The largest absolute Gasteiger partial charge is 0.309 e. The molecule has 0 fully saturated rings. The molecule has 0 heterocycles. The molecule has 0 saturated carbocycles. The van der Waals surface area contributed by atoms with Crippen molar-refractivity contribution in [3.05, 3.63) is 0 Å². The van der Waals surface area contributed by atoms with Crippen LogP contribution in [0.1, 0.15) is 12.8 Å². The molecule has 0 amide bonds. The monoisotopic (exact) mass is 227 g/mol. The zero-order chi connectivity index (χ0) is 6.41. The van der Waals surface area contributed by atoms with E-state index in [1.54, 1.807) is 0 Å². The van der Waals surface area contributed by atoms with E-state index in [0.29, 0.717) is 0 Å². The van der Waals surface area contributed by atoms with Crippen LogP contribution in [0.25, 0.3) is 0 Å². The van der Waals surface area contributed by atoms with Crippen LogP contribution < -0.4 is 0 Å². The number of rotatable bonds is 4. The number of halogens is 1. The third-order valence-electron chi connectivity index (χ3n) is 0.989. The minimum atomic E-state index is 1.24. The highest BCUT2D eigenvalue weighted by molar-refractivity contribution is 14.1. The van der Waals surface area contributed by atoms with Gasteiger partial charge in [-0.3, -0.25) is 0 Å². The first kappa shape index (κ1) is 8.69. The van der Waals surface area contributed by atoms with Crippen molar-refractivity contribution in [2.75, 3.05) is 25.1 Å².